The van der Waals surface area contributed by atoms with Gasteiger partial charge in [0.15, 0.2) is 0 Å². The molecule has 2 heterocycles. The SMILES string of the molecule is CCC(n1nc(-c2ccc(C(=O)Nc3cc(C(F)(F)F)ccn3)cc2F)c(C(N)=O)c1N)C(F)(F)F. The molecule has 0 bridgehead atoms. The maximum absolute atomic E-state index is 14.9. The van der Waals surface area contributed by atoms with Crippen LogP contribution in [0.5, 0.6) is 0 Å². The molecule has 0 spiro atoms. The number of hydrogen-bond acceptors (Lipinski definition) is 5. The van der Waals surface area contributed by atoms with E-state index in [1.54, 1.807) is 0 Å². The first-order valence-electron chi connectivity index (χ1n) is 10.0. The predicted molar refractivity (Wildman–Crippen MR) is 113 cm³/mol. The van der Waals surface area contributed by atoms with Crippen LogP contribution in [0.2, 0.25) is 0 Å². The average Bonchev–Trinajstić information content (AvgIpc) is 3.09. The standard InChI is InChI=1S/C21H17F7N6O2/c1-2-13(21(26,27)28)34-17(29)15(18(30)35)16(33-34)11-4-3-9(7-12(11)22)19(36)32-14-8-10(5-6-31-14)20(23,24)25/h3-8,13H,2,29H2,1H3,(H2,30,35)(H,31,32,36). The molecule has 15 heteroatoms. The van der Waals surface area contributed by atoms with E-state index in [0.717, 1.165) is 18.3 Å². The Bertz CT molecular complexity index is 1320. The number of primary amides is 1. The van der Waals surface area contributed by atoms with Gasteiger partial charge in [0.2, 0.25) is 0 Å². The monoisotopic (exact) mass is 518 g/mol. The Morgan fingerprint density at radius 2 is 1.78 bits per heavy atom. The number of nitrogens with zero attached hydrogens (tertiary/aromatic N) is 3. The number of anilines is 2. The summed E-state index contributed by atoms with van der Waals surface area (Å²) in [5.74, 6) is -4.66. The van der Waals surface area contributed by atoms with Crippen LogP contribution < -0.4 is 16.8 Å². The third kappa shape index (κ3) is 5.23. The summed E-state index contributed by atoms with van der Waals surface area (Å²) in [4.78, 5) is 27.9. The van der Waals surface area contributed by atoms with Gasteiger partial charge in [-0.2, -0.15) is 31.4 Å². The second kappa shape index (κ2) is 9.47. The second-order valence-electron chi connectivity index (χ2n) is 7.46. The summed E-state index contributed by atoms with van der Waals surface area (Å²) >= 11 is 0. The second-order valence-corrected chi connectivity index (χ2v) is 7.46. The molecule has 192 valence electrons. The smallest absolute Gasteiger partial charge is 0.383 e. The first kappa shape index (κ1) is 26.4. The summed E-state index contributed by atoms with van der Waals surface area (Å²) in [7, 11) is 0. The van der Waals surface area contributed by atoms with E-state index in [1.165, 1.54) is 6.92 Å². The van der Waals surface area contributed by atoms with Gasteiger partial charge in [0.25, 0.3) is 11.8 Å². The van der Waals surface area contributed by atoms with Crippen LogP contribution in [0.15, 0.2) is 36.5 Å². The fourth-order valence-corrected chi connectivity index (χ4v) is 3.37. The van der Waals surface area contributed by atoms with Gasteiger partial charge in [-0.3, -0.25) is 9.59 Å². The van der Waals surface area contributed by atoms with Crippen molar-refractivity contribution < 1.29 is 40.3 Å². The first-order valence-corrected chi connectivity index (χ1v) is 10.0. The van der Waals surface area contributed by atoms with E-state index in [-0.39, 0.29) is 5.56 Å². The van der Waals surface area contributed by atoms with Crippen LogP contribution in [-0.2, 0) is 6.18 Å². The van der Waals surface area contributed by atoms with Gasteiger partial charge in [0, 0.05) is 17.3 Å². The lowest BCUT2D eigenvalue weighted by Crippen LogP contribution is -2.28. The summed E-state index contributed by atoms with van der Waals surface area (Å²) in [6.45, 7) is 1.20. The summed E-state index contributed by atoms with van der Waals surface area (Å²) in [6, 6.07) is 1.64. The number of pyridine rings is 1. The van der Waals surface area contributed by atoms with Gasteiger partial charge >= 0.3 is 12.4 Å². The molecule has 0 aliphatic rings. The van der Waals surface area contributed by atoms with Crippen molar-refractivity contribution in [1.29, 1.82) is 0 Å². The molecular weight excluding hydrogens is 501 g/mol. The summed E-state index contributed by atoms with van der Waals surface area (Å²) in [5, 5.41) is 5.77. The minimum absolute atomic E-state index is 0.328. The van der Waals surface area contributed by atoms with Crippen LogP contribution in [0, 0.1) is 5.82 Å². The molecule has 0 saturated heterocycles. The molecule has 3 rings (SSSR count). The van der Waals surface area contributed by atoms with E-state index in [4.69, 9.17) is 11.5 Å². The van der Waals surface area contributed by atoms with E-state index in [9.17, 15) is 40.3 Å². The maximum Gasteiger partial charge on any atom is 0.416 e. The average molecular weight is 518 g/mol. The van der Waals surface area contributed by atoms with Crippen LogP contribution >= 0.6 is 0 Å². The summed E-state index contributed by atoms with van der Waals surface area (Å²) in [5.41, 5.74) is 7.78. The Hall–Kier alpha value is -4.17. The zero-order valence-electron chi connectivity index (χ0n) is 18.2. The molecule has 1 atom stereocenters. The number of rotatable bonds is 6. The van der Waals surface area contributed by atoms with Gasteiger partial charge in [-0.05, 0) is 36.8 Å². The molecule has 1 unspecified atom stereocenters. The van der Waals surface area contributed by atoms with E-state index in [2.05, 4.69) is 15.4 Å². The lowest BCUT2D eigenvalue weighted by Gasteiger charge is -2.20. The minimum Gasteiger partial charge on any atom is -0.383 e. The number of nitrogens with one attached hydrogen (secondary N) is 1. The molecule has 1 aromatic carbocycles. The van der Waals surface area contributed by atoms with Crippen LogP contribution in [0.25, 0.3) is 11.3 Å². The lowest BCUT2D eigenvalue weighted by molar-refractivity contribution is -0.170. The number of halogens is 7. The number of carbonyl (C=O) groups is 2. The zero-order chi connectivity index (χ0) is 27.0. The van der Waals surface area contributed by atoms with Crippen LogP contribution in [0.3, 0.4) is 0 Å². The van der Waals surface area contributed by atoms with E-state index in [1.807, 2.05) is 0 Å². The quantitative estimate of drug-likeness (QED) is 0.413. The Balaban J connectivity index is 1.98. The van der Waals surface area contributed by atoms with Crippen molar-refractivity contribution >= 4 is 23.5 Å². The molecule has 2 aromatic heterocycles. The number of nitrogen functional groups attached to an aromatic ring is 1. The Morgan fingerprint density at radius 3 is 2.31 bits per heavy atom. The number of nitrogens with two attached hydrogens (primary N) is 2. The Labute approximate surface area is 198 Å². The highest BCUT2D eigenvalue weighted by Crippen LogP contribution is 2.38. The van der Waals surface area contributed by atoms with Gasteiger partial charge in [0.1, 0.15) is 34.8 Å². The Kier molecular flexibility index (Phi) is 6.95. The normalized spacial score (nSPS) is 12.9. The van der Waals surface area contributed by atoms with Gasteiger partial charge in [-0.1, -0.05) is 6.92 Å². The number of hydrogen-bond donors (Lipinski definition) is 3. The number of alkyl halides is 6. The molecule has 3 aromatic rings. The highest BCUT2D eigenvalue weighted by molar-refractivity contribution is 6.05. The molecule has 0 saturated carbocycles. The van der Waals surface area contributed by atoms with Crippen molar-refractivity contribution in [2.24, 2.45) is 5.73 Å². The van der Waals surface area contributed by atoms with Crippen molar-refractivity contribution in [3.8, 4) is 11.3 Å². The summed E-state index contributed by atoms with van der Waals surface area (Å²) in [6.07, 6.45) is -9.17. The number of amides is 2. The lowest BCUT2D eigenvalue weighted by atomic mass is 10.0. The largest absolute Gasteiger partial charge is 0.416 e. The van der Waals surface area contributed by atoms with Crippen LogP contribution in [-0.4, -0.2) is 32.8 Å². The number of aromatic nitrogens is 3. The highest BCUT2D eigenvalue weighted by atomic mass is 19.4. The topological polar surface area (TPSA) is 129 Å². The van der Waals surface area contributed by atoms with Gasteiger partial charge in [0.05, 0.1) is 5.56 Å². The van der Waals surface area contributed by atoms with E-state index >= 15 is 0 Å². The van der Waals surface area contributed by atoms with E-state index < -0.39 is 76.5 Å². The zero-order valence-corrected chi connectivity index (χ0v) is 18.2. The molecule has 0 aliphatic heterocycles. The third-order valence-electron chi connectivity index (χ3n) is 5.07. The fourth-order valence-electron chi connectivity index (χ4n) is 3.37. The third-order valence-corrected chi connectivity index (χ3v) is 5.07. The Morgan fingerprint density at radius 1 is 1.11 bits per heavy atom. The highest BCUT2D eigenvalue weighted by Gasteiger charge is 2.42. The molecule has 5 N–H and O–H groups in total. The van der Waals surface area contributed by atoms with Crippen molar-refractivity contribution in [3.05, 3.63) is 59.0 Å². The molecule has 0 aliphatic carbocycles. The molecule has 0 fully saturated rings. The van der Waals surface area contributed by atoms with Crippen molar-refractivity contribution in [1.82, 2.24) is 14.8 Å². The molecule has 8 nitrogen and oxygen atoms in total. The molecule has 0 radical (unpaired) electrons. The van der Waals surface area contributed by atoms with Crippen LogP contribution in [0.1, 0.15) is 45.7 Å². The van der Waals surface area contributed by atoms with E-state index in [0.29, 0.717) is 22.9 Å². The van der Waals surface area contributed by atoms with Crippen LogP contribution in [0.4, 0.5) is 42.4 Å². The molecular formula is C21H17F7N6O2. The molecule has 36 heavy (non-hydrogen) atoms. The van der Waals surface area contributed by atoms with Gasteiger partial charge in [-0.15, -0.1) is 0 Å². The van der Waals surface area contributed by atoms with Crippen molar-refractivity contribution in [2.45, 2.75) is 31.7 Å². The van der Waals surface area contributed by atoms with Crippen molar-refractivity contribution in [3.63, 3.8) is 0 Å². The fraction of sp³-hybridized carbons (Fsp3) is 0.238. The number of carbonyl (C=O) groups excluding carboxylic acids is 2. The molecule has 2 amide bonds. The maximum atomic E-state index is 14.9. The first-order chi connectivity index (χ1) is 16.6. The van der Waals surface area contributed by atoms with Gasteiger partial charge < -0.3 is 16.8 Å². The summed E-state index contributed by atoms with van der Waals surface area (Å²) < 4.78 is 94.0. The number of benzene rings is 1. The predicted octanol–water partition coefficient (Wildman–Crippen LogP) is 4.55. The van der Waals surface area contributed by atoms with Crippen molar-refractivity contribution in [2.75, 3.05) is 11.1 Å². The minimum atomic E-state index is -4.79. The van der Waals surface area contributed by atoms with Gasteiger partial charge in [-0.25, -0.2) is 14.1 Å².